The number of ether oxygens (including phenoxy) is 1. The lowest BCUT2D eigenvalue weighted by atomic mass is 10.1. The van der Waals surface area contributed by atoms with E-state index in [1.165, 1.54) is 4.90 Å². The summed E-state index contributed by atoms with van der Waals surface area (Å²) in [6, 6.07) is 14.3. The molecule has 2 aromatic carbocycles. The van der Waals surface area contributed by atoms with Gasteiger partial charge in [-0.25, -0.2) is 4.90 Å². The molecule has 2 amide bonds. The van der Waals surface area contributed by atoms with E-state index in [0.29, 0.717) is 17.0 Å². The average molecular weight is 408 g/mol. The second-order valence-corrected chi connectivity index (χ2v) is 7.77. The maximum absolute atomic E-state index is 13.0. The summed E-state index contributed by atoms with van der Waals surface area (Å²) in [6.45, 7) is 4.74. The van der Waals surface area contributed by atoms with Gasteiger partial charge in [0, 0.05) is 11.3 Å². The van der Waals surface area contributed by atoms with Gasteiger partial charge in [0.2, 0.25) is 5.91 Å². The Hall–Kier alpha value is -3.19. The lowest BCUT2D eigenvalue weighted by molar-refractivity contribution is -0.915. The van der Waals surface area contributed by atoms with E-state index in [-0.39, 0.29) is 30.1 Å². The van der Waals surface area contributed by atoms with E-state index in [2.05, 4.69) is 4.90 Å². The van der Waals surface area contributed by atoms with Gasteiger partial charge in [0.25, 0.3) is 5.91 Å². The molecule has 1 atom stereocenters. The lowest BCUT2D eigenvalue weighted by Gasteiger charge is -2.35. The largest absolute Gasteiger partial charge is 0.497 e. The average Bonchev–Trinajstić information content (AvgIpc) is 3.08. The third kappa shape index (κ3) is 3.80. The summed E-state index contributed by atoms with van der Waals surface area (Å²) >= 11 is 0. The Morgan fingerprint density at radius 2 is 1.57 bits per heavy atom. The highest BCUT2D eigenvalue weighted by Gasteiger charge is 2.46. The van der Waals surface area contributed by atoms with Crippen LogP contribution in [0.15, 0.2) is 48.5 Å². The Morgan fingerprint density at radius 3 is 2.13 bits per heavy atom. The van der Waals surface area contributed by atoms with Crippen molar-refractivity contribution in [2.45, 2.75) is 19.4 Å². The minimum atomic E-state index is -0.332. The van der Waals surface area contributed by atoms with Crippen LogP contribution in [-0.2, 0) is 9.59 Å². The molecular weight excluding hydrogens is 382 g/mol. The third-order valence-corrected chi connectivity index (χ3v) is 6.01. The van der Waals surface area contributed by atoms with Crippen molar-refractivity contribution in [1.82, 2.24) is 0 Å². The number of imide groups is 1. The van der Waals surface area contributed by atoms with Crippen LogP contribution in [0.3, 0.4) is 0 Å². The minimum Gasteiger partial charge on any atom is -0.497 e. The summed E-state index contributed by atoms with van der Waals surface area (Å²) in [6.07, 6.45) is 0.244. The van der Waals surface area contributed by atoms with Crippen LogP contribution in [0, 0.1) is 0 Å². The van der Waals surface area contributed by atoms with Crippen molar-refractivity contribution < 1.29 is 24.0 Å². The van der Waals surface area contributed by atoms with Crippen LogP contribution in [0.2, 0.25) is 0 Å². The molecule has 7 heteroatoms. The second kappa shape index (κ2) is 8.28. The Morgan fingerprint density at radius 1 is 0.967 bits per heavy atom. The van der Waals surface area contributed by atoms with Gasteiger partial charge in [-0.1, -0.05) is 0 Å². The number of quaternary nitrogens is 1. The molecule has 1 N–H and O–H groups in total. The Balaban J connectivity index is 1.40. The first-order valence-electron chi connectivity index (χ1n) is 10.2. The van der Waals surface area contributed by atoms with Crippen LogP contribution in [0.4, 0.5) is 11.4 Å². The molecule has 156 valence electrons. The fourth-order valence-corrected chi connectivity index (χ4v) is 4.26. The molecule has 0 radical (unpaired) electrons. The van der Waals surface area contributed by atoms with E-state index in [0.717, 1.165) is 36.8 Å². The van der Waals surface area contributed by atoms with Gasteiger partial charge in [0.05, 0.1) is 45.4 Å². The van der Waals surface area contributed by atoms with Crippen molar-refractivity contribution in [3.63, 3.8) is 0 Å². The predicted octanol–water partition coefficient (Wildman–Crippen LogP) is 0.935. The fraction of sp³-hybridized carbons (Fsp3) is 0.348. The molecule has 0 saturated carbocycles. The molecule has 2 aliphatic heterocycles. The summed E-state index contributed by atoms with van der Waals surface area (Å²) in [7, 11) is 1.58. The van der Waals surface area contributed by atoms with E-state index in [1.54, 1.807) is 38.3 Å². The number of rotatable bonds is 5. The SMILES string of the molecule is COc1ccc(N2C(=O)C[C@@H]([NH+]3CCN(c4ccc(C(C)=O)cc4)CC3)C2=O)cc1. The highest BCUT2D eigenvalue weighted by Crippen LogP contribution is 2.24. The Kier molecular flexibility index (Phi) is 5.55. The van der Waals surface area contributed by atoms with Crippen LogP contribution in [0.1, 0.15) is 23.7 Å². The Bertz CT molecular complexity index is 947. The number of nitrogens with zero attached hydrogens (tertiary/aromatic N) is 2. The maximum Gasteiger partial charge on any atom is 0.292 e. The zero-order chi connectivity index (χ0) is 21.3. The number of carbonyl (C=O) groups is 3. The van der Waals surface area contributed by atoms with Gasteiger partial charge < -0.3 is 14.5 Å². The Labute approximate surface area is 175 Å². The second-order valence-electron chi connectivity index (χ2n) is 7.77. The van der Waals surface area contributed by atoms with E-state index < -0.39 is 0 Å². The zero-order valence-electron chi connectivity index (χ0n) is 17.3. The molecule has 0 aromatic heterocycles. The van der Waals surface area contributed by atoms with Crippen molar-refractivity contribution in [3.8, 4) is 5.75 Å². The number of hydrogen-bond acceptors (Lipinski definition) is 5. The molecule has 7 nitrogen and oxygen atoms in total. The van der Waals surface area contributed by atoms with Gasteiger partial charge in [-0.2, -0.15) is 0 Å². The van der Waals surface area contributed by atoms with Crippen molar-refractivity contribution in [3.05, 3.63) is 54.1 Å². The molecule has 30 heavy (non-hydrogen) atoms. The number of ketones is 1. The highest BCUT2D eigenvalue weighted by atomic mass is 16.5. The van der Waals surface area contributed by atoms with Crippen molar-refractivity contribution in [2.24, 2.45) is 0 Å². The molecule has 0 aliphatic carbocycles. The smallest absolute Gasteiger partial charge is 0.292 e. The van der Waals surface area contributed by atoms with Crippen LogP contribution in [-0.4, -0.2) is 56.9 Å². The maximum atomic E-state index is 13.0. The summed E-state index contributed by atoms with van der Waals surface area (Å²) in [5.41, 5.74) is 2.38. The number of anilines is 2. The van der Waals surface area contributed by atoms with Crippen molar-refractivity contribution in [1.29, 1.82) is 0 Å². The van der Waals surface area contributed by atoms with Gasteiger partial charge in [0.1, 0.15) is 5.75 Å². The number of nitrogens with one attached hydrogen (secondary N) is 1. The van der Waals surface area contributed by atoms with Gasteiger partial charge in [-0.15, -0.1) is 0 Å². The monoisotopic (exact) mass is 408 g/mol. The molecule has 0 unspecified atom stereocenters. The summed E-state index contributed by atoms with van der Waals surface area (Å²) in [5.74, 6) is 0.471. The van der Waals surface area contributed by atoms with E-state index in [1.807, 2.05) is 24.3 Å². The molecule has 2 heterocycles. The third-order valence-electron chi connectivity index (χ3n) is 6.01. The molecule has 2 fully saturated rings. The van der Waals surface area contributed by atoms with Crippen LogP contribution >= 0.6 is 0 Å². The first-order valence-corrected chi connectivity index (χ1v) is 10.2. The molecular formula is C23H26N3O4+. The zero-order valence-corrected chi connectivity index (χ0v) is 17.3. The van der Waals surface area contributed by atoms with Crippen LogP contribution < -0.4 is 19.4 Å². The fourth-order valence-electron chi connectivity index (χ4n) is 4.26. The standard InChI is InChI=1S/C23H25N3O4/c1-16(27)17-3-5-18(6-4-17)24-11-13-25(14-12-24)21-15-22(28)26(23(21)29)19-7-9-20(30-2)10-8-19/h3-10,21H,11-15H2,1-2H3/p+1/t21-/m1/s1. The van der Waals surface area contributed by atoms with E-state index in [4.69, 9.17) is 4.74 Å². The van der Waals surface area contributed by atoms with Crippen molar-refractivity contribution >= 4 is 29.0 Å². The number of hydrogen-bond donors (Lipinski definition) is 1. The molecule has 4 rings (SSSR count). The molecule has 2 aliphatic rings. The summed E-state index contributed by atoms with van der Waals surface area (Å²) < 4.78 is 5.15. The molecule has 2 saturated heterocycles. The topological polar surface area (TPSA) is 71.4 Å². The lowest BCUT2D eigenvalue weighted by Crippen LogP contribution is -3.19. The summed E-state index contributed by atoms with van der Waals surface area (Å²) in [4.78, 5) is 41.8. The molecule has 2 aromatic rings. The van der Waals surface area contributed by atoms with Crippen molar-refractivity contribution in [2.75, 3.05) is 43.1 Å². The first kappa shape index (κ1) is 20.1. The molecule has 0 spiro atoms. The van der Waals surface area contributed by atoms with Gasteiger partial charge in [-0.3, -0.25) is 14.4 Å². The minimum absolute atomic E-state index is 0.0571. The van der Waals surface area contributed by atoms with E-state index >= 15 is 0 Å². The van der Waals surface area contributed by atoms with Gasteiger partial charge in [0.15, 0.2) is 11.8 Å². The van der Waals surface area contributed by atoms with Crippen LogP contribution in [0.5, 0.6) is 5.75 Å². The number of carbonyl (C=O) groups excluding carboxylic acids is 3. The predicted molar refractivity (Wildman–Crippen MR) is 113 cm³/mol. The van der Waals surface area contributed by atoms with Gasteiger partial charge in [-0.05, 0) is 55.5 Å². The number of amides is 2. The summed E-state index contributed by atoms with van der Waals surface area (Å²) in [5, 5.41) is 0. The quantitative estimate of drug-likeness (QED) is 0.589. The van der Waals surface area contributed by atoms with Gasteiger partial charge >= 0.3 is 0 Å². The van der Waals surface area contributed by atoms with E-state index in [9.17, 15) is 14.4 Å². The van der Waals surface area contributed by atoms with Crippen LogP contribution in [0.25, 0.3) is 0 Å². The number of piperazine rings is 1. The number of methoxy groups -OCH3 is 1. The normalized spacial score (nSPS) is 20.0. The number of benzene rings is 2. The molecule has 0 bridgehead atoms. The highest BCUT2D eigenvalue weighted by molar-refractivity contribution is 6.21. The first-order chi connectivity index (χ1) is 14.5. The number of Topliss-reactive ketones (excluding diaryl/α,β-unsaturated/α-hetero) is 1.